The van der Waals surface area contributed by atoms with Gasteiger partial charge in [0, 0.05) is 0 Å². The fourth-order valence-electron chi connectivity index (χ4n) is 2.09. The van der Waals surface area contributed by atoms with E-state index in [0.717, 1.165) is 5.56 Å². The van der Waals surface area contributed by atoms with E-state index >= 15 is 0 Å². The number of benzene rings is 1. The summed E-state index contributed by atoms with van der Waals surface area (Å²) < 4.78 is 7.11. The van der Waals surface area contributed by atoms with Gasteiger partial charge in [-0.3, -0.25) is 0 Å². The Morgan fingerprint density at radius 1 is 1.38 bits per heavy atom. The molecular formula is C17H18N2O2. The molecule has 1 aromatic heterocycles. The first kappa shape index (κ1) is 14.8. The van der Waals surface area contributed by atoms with Crippen molar-refractivity contribution < 1.29 is 9.53 Å². The second-order valence-corrected chi connectivity index (χ2v) is 4.75. The Labute approximate surface area is 124 Å². The molecule has 2 unspecified atom stereocenters. The van der Waals surface area contributed by atoms with Gasteiger partial charge in [-0.05, 0) is 25.5 Å². The van der Waals surface area contributed by atoms with Gasteiger partial charge >= 0.3 is 5.97 Å². The zero-order valence-electron chi connectivity index (χ0n) is 12.2. The summed E-state index contributed by atoms with van der Waals surface area (Å²) in [6.07, 6.45) is 4.39. The van der Waals surface area contributed by atoms with Gasteiger partial charge in [-0.1, -0.05) is 36.9 Å². The highest BCUT2D eigenvalue weighted by Crippen LogP contribution is 2.20. The third-order valence-electron chi connectivity index (χ3n) is 3.22. The SMILES string of the molecule is C=C=CC(C)OC(=O)c1cncn1C(C)c1ccccc1. The maximum Gasteiger partial charge on any atom is 0.357 e. The zero-order chi connectivity index (χ0) is 15.2. The molecule has 0 radical (unpaired) electrons. The van der Waals surface area contributed by atoms with Crippen LogP contribution in [0, 0.1) is 0 Å². The van der Waals surface area contributed by atoms with Gasteiger partial charge in [0.1, 0.15) is 11.8 Å². The van der Waals surface area contributed by atoms with Crippen LogP contribution < -0.4 is 0 Å². The third-order valence-corrected chi connectivity index (χ3v) is 3.22. The highest BCUT2D eigenvalue weighted by atomic mass is 16.5. The number of nitrogens with zero attached hydrogens (tertiary/aromatic N) is 2. The minimum atomic E-state index is -0.408. The molecular weight excluding hydrogens is 264 g/mol. The van der Waals surface area contributed by atoms with E-state index in [0.29, 0.717) is 5.69 Å². The quantitative estimate of drug-likeness (QED) is 0.624. The molecule has 4 heteroatoms. The second-order valence-electron chi connectivity index (χ2n) is 4.75. The van der Waals surface area contributed by atoms with Crippen molar-refractivity contribution in [3.05, 3.63) is 72.5 Å². The predicted molar refractivity (Wildman–Crippen MR) is 81.1 cm³/mol. The summed E-state index contributed by atoms with van der Waals surface area (Å²) in [4.78, 5) is 16.3. The number of carbonyl (C=O) groups is 1. The number of hydrogen-bond donors (Lipinski definition) is 0. The molecule has 0 amide bonds. The van der Waals surface area contributed by atoms with Gasteiger partial charge in [-0.15, -0.1) is 5.73 Å². The molecule has 0 saturated heterocycles. The normalized spacial score (nSPS) is 13.0. The van der Waals surface area contributed by atoms with Crippen molar-refractivity contribution in [2.45, 2.75) is 26.0 Å². The van der Waals surface area contributed by atoms with E-state index in [2.05, 4.69) is 17.3 Å². The van der Waals surface area contributed by atoms with Crippen LogP contribution in [0.4, 0.5) is 0 Å². The summed E-state index contributed by atoms with van der Waals surface area (Å²) >= 11 is 0. The lowest BCUT2D eigenvalue weighted by atomic mass is 10.1. The molecule has 0 aliphatic rings. The van der Waals surface area contributed by atoms with Gasteiger partial charge in [-0.2, -0.15) is 0 Å². The van der Waals surface area contributed by atoms with Crippen LogP contribution >= 0.6 is 0 Å². The van der Waals surface area contributed by atoms with Crippen LogP contribution in [0.2, 0.25) is 0 Å². The molecule has 0 fully saturated rings. The molecule has 2 aromatic rings. The van der Waals surface area contributed by atoms with Gasteiger partial charge in [-0.25, -0.2) is 9.78 Å². The van der Waals surface area contributed by atoms with E-state index in [-0.39, 0.29) is 12.1 Å². The number of ether oxygens (including phenoxy) is 1. The summed E-state index contributed by atoms with van der Waals surface area (Å²) in [6.45, 7) is 7.24. The van der Waals surface area contributed by atoms with E-state index in [1.807, 2.05) is 41.8 Å². The van der Waals surface area contributed by atoms with E-state index in [4.69, 9.17) is 4.74 Å². The van der Waals surface area contributed by atoms with Gasteiger partial charge in [0.25, 0.3) is 0 Å². The average Bonchev–Trinajstić information content (AvgIpc) is 2.97. The van der Waals surface area contributed by atoms with Crippen LogP contribution in [0.1, 0.15) is 35.9 Å². The van der Waals surface area contributed by atoms with Crippen molar-refractivity contribution >= 4 is 5.97 Å². The first-order valence-corrected chi connectivity index (χ1v) is 6.77. The highest BCUT2D eigenvalue weighted by molar-refractivity contribution is 5.87. The van der Waals surface area contributed by atoms with Gasteiger partial charge < -0.3 is 9.30 Å². The summed E-state index contributed by atoms with van der Waals surface area (Å²) in [6, 6.07) is 9.94. The van der Waals surface area contributed by atoms with Crippen LogP contribution in [-0.4, -0.2) is 21.6 Å². The Hall–Kier alpha value is -2.58. The summed E-state index contributed by atoms with van der Waals surface area (Å²) in [7, 11) is 0. The molecule has 108 valence electrons. The van der Waals surface area contributed by atoms with E-state index in [1.165, 1.54) is 6.20 Å². The molecule has 0 saturated carbocycles. The largest absolute Gasteiger partial charge is 0.453 e. The predicted octanol–water partition coefficient (Wildman–Crippen LogP) is 3.38. The smallest absolute Gasteiger partial charge is 0.357 e. The highest BCUT2D eigenvalue weighted by Gasteiger charge is 2.19. The number of rotatable bonds is 5. The second kappa shape index (κ2) is 6.73. The molecule has 0 N–H and O–H groups in total. The molecule has 2 atom stereocenters. The molecule has 2 rings (SSSR count). The Kier molecular flexibility index (Phi) is 4.75. The van der Waals surface area contributed by atoms with E-state index < -0.39 is 5.97 Å². The minimum absolute atomic E-state index is 0.00139. The number of imidazole rings is 1. The molecule has 0 aliphatic carbocycles. The van der Waals surface area contributed by atoms with Crippen molar-refractivity contribution in [3.63, 3.8) is 0 Å². The minimum Gasteiger partial charge on any atom is -0.453 e. The van der Waals surface area contributed by atoms with Crippen molar-refractivity contribution in [2.75, 3.05) is 0 Å². The fraction of sp³-hybridized carbons (Fsp3) is 0.235. The van der Waals surface area contributed by atoms with Crippen LogP contribution in [0.5, 0.6) is 0 Å². The summed E-state index contributed by atoms with van der Waals surface area (Å²) in [5, 5.41) is 0. The van der Waals surface area contributed by atoms with Crippen molar-refractivity contribution in [1.29, 1.82) is 0 Å². The Morgan fingerprint density at radius 3 is 2.76 bits per heavy atom. The number of hydrogen-bond acceptors (Lipinski definition) is 3. The van der Waals surface area contributed by atoms with E-state index in [1.54, 1.807) is 19.3 Å². The first-order valence-electron chi connectivity index (χ1n) is 6.77. The summed E-state index contributed by atoms with van der Waals surface area (Å²) in [5.41, 5.74) is 4.13. The molecule has 1 aromatic carbocycles. The lowest BCUT2D eigenvalue weighted by Gasteiger charge is -2.17. The van der Waals surface area contributed by atoms with Crippen molar-refractivity contribution in [1.82, 2.24) is 9.55 Å². The molecule has 21 heavy (non-hydrogen) atoms. The Balaban J connectivity index is 2.22. The Bertz CT molecular complexity index is 654. The average molecular weight is 282 g/mol. The lowest BCUT2D eigenvalue weighted by molar-refractivity contribution is 0.0411. The van der Waals surface area contributed by atoms with Crippen molar-refractivity contribution in [2.24, 2.45) is 0 Å². The van der Waals surface area contributed by atoms with Crippen LogP contribution in [0.15, 0.2) is 61.2 Å². The summed E-state index contributed by atoms with van der Waals surface area (Å²) in [5.74, 6) is -0.408. The third kappa shape index (κ3) is 3.50. The van der Waals surface area contributed by atoms with E-state index in [9.17, 15) is 4.79 Å². The van der Waals surface area contributed by atoms with Gasteiger partial charge in [0.05, 0.1) is 18.6 Å². The van der Waals surface area contributed by atoms with Crippen molar-refractivity contribution in [3.8, 4) is 0 Å². The topological polar surface area (TPSA) is 44.1 Å². The monoisotopic (exact) mass is 282 g/mol. The number of carbonyl (C=O) groups excluding carboxylic acids is 1. The lowest BCUT2D eigenvalue weighted by Crippen LogP contribution is -2.18. The number of esters is 1. The Morgan fingerprint density at radius 2 is 2.10 bits per heavy atom. The number of aromatic nitrogens is 2. The van der Waals surface area contributed by atoms with Gasteiger partial charge in [0.15, 0.2) is 0 Å². The standard InChI is InChI=1S/C17H18N2O2/c1-4-8-13(2)21-17(20)16-11-18-12-19(16)14(3)15-9-6-5-7-10-15/h5-14H,1H2,2-3H3. The molecule has 0 bridgehead atoms. The van der Waals surface area contributed by atoms with Gasteiger partial charge in [0.2, 0.25) is 0 Å². The molecule has 0 spiro atoms. The zero-order valence-corrected chi connectivity index (χ0v) is 12.2. The van der Waals surface area contributed by atoms with Crippen LogP contribution in [0.3, 0.4) is 0 Å². The molecule has 4 nitrogen and oxygen atoms in total. The van der Waals surface area contributed by atoms with Crippen LogP contribution in [-0.2, 0) is 4.74 Å². The fourth-order valence-corrected chi connectivity index (χ4v) is 2.09. The molecule has 0 aliphatic heterocycles. The first-order chi connectivity index (χ1) is 10.1. The maximum absolute atomic E-state index is 12.2. The molecule has 1 heterocycles. The maximum atomic E-state index is 12.2. The van der Waals surface area contributed by atoms with Crippen LogP contribution in [0.25, 0.3) is 0 Å².